The Balaban J connectivity index is 0.00000121. The standard InChI is InChI=1S/C10H15N.H3N/c1-8(2)10-5-3-4-9(6-10)7-11;/h3-6,8H,7,11H2,1-2H3;1H3. The summed E-state index contributed by atoms with van der Waals surface area (Å²) in [6, 6.07) is 8.44. The largest absolute Gasteiger partial charge is 0.344 e. The van der Waals surface area contributed by atoms with Gasteiger partial charge in [-0.3, -0.25) is 0 Å². The van der Waals surface area contributed by atoms with Gasteiger partial charge in [0.15, 0.2) is 0 Å². The second-order valence-corrected chi connectivity index (χ2v) is 3.10. The number of hydrogen-bond donors (Lipinski definition) is 2. The molecule has 0 unspecified atom stereocenters. The van der Waals surface area contributed by atoms with Gasteiger partial charge in [-0.25, -0.2) is 0 Å². The third-order valence-electron chi connectivity index (χ3n) is 1.85. The van der Waals surface area contributed by atoms with Crippen LogP contribution >= 0.6 is 0 Å². The number of benzene rings is 1. The fourth-order valence-electron chi connectivity index (χ4n) is 1.08. The maximum atomic E-state index is 5.52. The lowest BCUT2D eigenvalue weighted by Crippen LogP contribution is -1.97. The molecule has 1 aromatic carbocycles. The zero-order valence-corrected chi connectivity index (χ0v) is 7.88. The van der Waals surface area contributed by atoms with Crippen LogP contribution in [0.4, 0.5) is 0 Å². The van der Waals surface area contributed by atoms with Gasteiger partial charge in [0.1, 0.15) is 0 Å². The summed E-state index contributed by atoms with van der Waals surface area (Å²) >= 11 is 0. The fraction of sp³-hybridized carbons (Fsp3) is 0.400. The highest BCUT2D eigenvalue weighted by Crippen LogP contribution is 2.14. The maximum Gasteiger partial charge on any atom is 0.0178 e. The van der Waals surface area contributed by atoms with Crippen molar-refractivity contribution < 1.29 is 0 Å². The van der Waals surface area contributed by atoms with E-state index in [0.717, 1.165) is 0 Å². The first-order chi connectivity index (χ1) is 5.24. The minimum atomic E-state index is 0. The molecule has 0 amide bonds. The summed E-state index contributed by atoms with van der Waals surface area (Å²) in [5.74, 6) is 0.599. The molecule has 0 saturated heterocycles. The molecule has 0 fully saturated rings. The quantitative estimate of drug-likeness (QED) is 0.708. The van der Waals surface area contributed by atoms with Gasteiger partial charge in [0.25, 0.3) is 0 Å². The average molecular weight is 166 g/mol. The van der Waals surface area contributed by atoms with E-state index in [-0.39, 0.29) is 6.15 Å². The molecule has 0 radical (unpaired) electrons. The van der Waals surface area contributed by atoms with Crippen molar-refractivity contribution in [1.82, 2.24) is 6.15 Å². The van der Waals surface area contributed by atoms with E-state index in [0.29, 0.717) is 12.5 Å². The van der Waals surface area contributed by atoms with Crippen LogP contribution in [0.15, 0.2) is 24.3 Å². The van der Waals surface area contributed by atoms with E-state index in [1.165, 1.54) is 11.1 Å². The Hall–Kier alpha value is -0.860. The molecule has 5 N–H and O–H groups in total. The molecule has 0 aliphatic carbocycles. The van der Waals surface area contributed by atoms with Gasteiger partial charge in [-0.1, -0.05) is 38.1 Å². The van der Waals surface area contributed by atoms with E-state index in [4.69, 9.17) is 5.73 Å². The van der Waals surface area contributed by atoms with Gasteiger partial charge >= 0.3 is 0 Å². The minimum Gasteiger partial charge on any atom is -0.344 e. The molecule has 0 aliphatic heterocycles. The van der Waals surface area contributed by atoms with E-state index in [9.17, 15) is 0 Å². The number of hydrogen-bond acceptors (Lipinski definition) is 2. The molecule has 0 spiro atoms. The Morgan fingerprint density at radius 1 is 1.33 bits per heavy atom. The molecule has 2 heteroatoms. The summed E-state index contributed by atoms with van der Waals surface area (Å²) in [5, 5.41) is 0. The van der Waals surface area contributed by atoms with Crippen molar-refractivity contribution >= 4 is 0 Å². The molecule has 1 aromatic rings. The Morgan fingerprint density at radius 3 is 2.50 bits per heavy atom. The average Bonchev–Trinajstić information content (AvgIpc) is 2.05. The maximum absolute atomic E-state index is 5.52. The van der Waals surface area contributed by atoms with Crippen LogP contribution in [0.25, 0.3) is 0 Å². The molecule has 68 valence electrons. The molecule has 0 bridgehead atoms. The highest BCUT2D eigenvalue weighted by molar-refractivity contribution is 5.25. The Bertz CT molecular complexity index is 231. The Labute approximate surface area is 74.4 Å². The molecular formula is C10H18N2. The third-order valence-corrected chi connectivity index (χ3v) is 1.85. The zero-order valence-electron chi connectivity index (χ0n) is 7.88. The SMILES string of the molecule is CC(C)c1cccc(CN)c1.N. The highest BCUT2D eigenvalue weighted by Gasteiger charge is 1.97. The second kappa shape index (κ2) is 4.91. The lowest BCUT2D eigenvalue weighted by Gasteiger charge is -2.05. The first-order valence-corrected chi connectivity index (χ1v) is 4.03. The summed E-state index contributed by atoms with van der Waals surface area (Å²) in [5.41, 5.74) is 8.11. The van der Waals surface area contributed by atoms with Gasteiger partial charge in [-0.15, -0.1) is 0 Å². The minimum absolute atomic E-state index is 0. The van der Waals surface area contributed by atoms with Crippen LogP contribution < -0.4 is 11.9 Å². The molecule has 0 saturated carbocycles. The van der Waals surface area contributed by atoms with Gasteiger partial charge < -0.3 is 11.9 Å². The normalized spacial score (nSPS) is 9.67. The third kappa shape index (κ3) is 2.64. The Morgan fingerprint density at radius 2 is 2.00 bits per heavy atom. The van der Waals surface area contributed by atoms with Crippen molar-refractivity contribution in [2.45, 2.75) is 26.3 Å². The Kier molecular flexibility index (Phi) is 4.55. The molecule has 0 aliphatic rings. The molecule has 0 aromatic heterocycles. The van der Waals surface area contributed by atoms with E-state index in [1.54, 1.807) is 0 Å². The number of rotatable bonds is 2. The summed E-state index contributed by atoms with van der Waals surface area (Å²) in [6.07, 6.45) is 0. The van der Waals surface area contributed by atoms with E-state index in [1.807, 2.05) is 0 Å². The molecule has 1 rings (SSSR count). The van der Waals surface area contributed by atoms with Crippen LogP contribution in [-0.4, -0.2) is 0 Å². The van der Waals surface area contributed by atoms with Crippen LogP contribution in [0.5, 0.6) is 0 Å². The molecule has 0 heterocycles. The molecular weight excluding hydrogens is 148 g/mol. The lowest BCUT2D eigenvalue weighted by atomic mass is 10.0. The van der Waals surface area contributed by atoms with Crippen molar-refractivity contribution in [1.29, 1.82) is 0 Å². The molecule has 0 atom stereocenters. The smallest absolute Gasteiger partial charge is 0.0178 e. The molecule has 12 heavy (non-hydrogen) atoms. The lowest BCUT2D eigenvalue weighted by molar-refractivity contribution is 0.861. The first kappa shape index (κ1) is 11.1. The van der Waals surface area contributed by atoms with Crippen LogP contribution in [0.2, 0.25) is 0 Å². The fourth-order valence-corrected chi connectivity index (χ4v) is 1.08. The van der Waals surface area contributed by atoms with Gasteiger partial charge in [0.05, 0.1) is 0 Å². The summed E-state index contributed by atoms with van der Waals surface area (Å²) in [4.78, 5) is 0. The van der Waals surface area contributed by atoms with E-state index in [2.05, 4.69) is 38.1 Å². The molecule has 2 nitrogen and oxygen atoms in total. The van der Waals surface area contributed by atoms with Crippen molar-refractivity contribution in [3.8, 4) is 0 Å². The van der Waals surface area contributed by atoms with Gasteiger partial charge in [0.2, 0.25) is 0 Å². The number of nitrogens with two attached hydrogens (primary N) is 1. The van der Waals surface area contributed by atoms with Crippen molar-refractivity contribution in [3.05, 3.63) is 35.4 Å². The van der Waals surface area contributed by atoms with Crippen LogP contribution in [-0.2, 0) is 6.54 Å². The summed E-state index contributed by atoms with van der Waals surface area (Å²) in [6.45, 7) is 5.02. The topological polar surface area (TPSA) is 61.0 Å². The van der Waals surface area contributed by atoms with Gasteiger partial charge in [-0.2, -0.15) is 0 Å². The van der Waals surface area contributed by atoms with E-state index >= 15 is 0 Å². The predicted octanol–water partition coefficient (Wildman–Crippen LogP) is 2.43. The summed E-state index contributed by atoms with van der Waals surface area (Å²) < 4.78 is 0. The highest BCUT2D eigenvalue weighted by atomic mass is 14.5. The van der Waals surface area contributed by atoms with Gasteiger partial charge in [0, 0.05) is 6.54 Å². The second-order valence-electron chi connectivity index (χ2n) is 3.10. The van der Waals surface area contributed by atoms with Crippen LogP contribution in [0.3, 0.4) is 0 Å². The van der Waals surface area contributed by atoms with Crippen molar-refractivity contribution in [3.63, 3.8) is 0 Å². The predicted molar refractivity (Wildman–Crippen MR) is 53.4 cm³/mol. The zero-order chi connectivity index (χ0) is 8.27. The monoisotopic (exact) mass is 166 g/mol. The van der Waals surface area contributed by atoms with Crippen LogP contribution in [0.1, 0.15) is 30.9 Å². The van der Waals surface area contributed by atoms with Crippen molar-refractivity contribution in [2.75, 3.05) is 0 Å². The first-order valence-electron chi connectivity index (χ1n) is 4.03. The van der Waals surface area contributed by atoms with E-state index < -0.39 is 0 Å². The van der Waals surface area contributed by atoms with Gasteiger partial charge in [-0.05, 0) is 17.0 Å². The summed E-state index contributed by atoms with van der Waals surface area (Å²) in [7, 11) is 0. The van der Waals surface area contributed by atoms with Crippen LogP contribution in [0, 0.1) is 0 Å². The van der Waals surface area contributed by atoms with Crippen molar-refractivity contribution in [2.24, 2.45) is 5.73 Å².